The normalized spacial score (nSPS) is 12.0. The third-order valence-electron chi connectivity index (χ3n) is 5.33. The molecule has 168 valence electrons. The van der Waals surface area contributed by atoms with Gasteiger partial charge in [-0.2, -0.15) is 0 Å². The molecular weight excluding hydrogens is 436 g/mol. The molecule has 0 spiro atoms. The van der Waals surface area contributed by atoms with E-state index in [1.807, 2.05) is 38.1 Å². The molecule has 0 aliphatic carbocycles. The predicted molar refractivity (Wildman–Crippen MR) is 132 cm³/mol. The number of sulfonamides is 1. The zero-order chi connectivity index (χ0) is 23.6. The van der Waals surface area contributed by atoms with E-state index in [1.54, 1.807) is 42.6 Å². The lowest BCUT2D eigenvalue weighted by molar-refractivity contribution is 0.601. The fourth-order valence-corrected chi connectivity index (χ4v) is 4.36. The van der Waals surface area contributed by atoms with Gasteiger partial charge in [0.2, 0.25) is 0 Å². The molecule has 0 unspecified atom stereocenters. The Morgan fingerprint density at radius 3 is 2.27 bits per heavy atom. The average molecular weight is 461 g/mol. The number of H-pyrrole nitrogens is 1. The zero-order valence-electron chi connectivity index (χ0n) is 18.3. The first-order chi connectivity index (χ1) is 15.7. The summed E-state index contributed by atoms with van der Waals surface area (Å²) in [7, 11) is -3.70. The maximum atomic E-state index is 12.9. The van der Waals surface area contributed by atoms with Gasteiger partial charge in [-0.1, -0.05) is 30.8 Å². The Morgan fingerprint density at radius 2 is 1.61 bits per heavy atom. The van der Waals surface area contributed by atoms with Crippen LogP contribution in [0.1, 0.15) is 11.1 Å². The fourth-order valence-electron chi connectivity index (χ4n) is 3.30. The van der Waals surface area contributed by atoms with Gasteiger partial charge in [0, 0.05) is 17.6 Å². The highest BCUT2D eigenvalue weighted by atomic mass is 32.2. The van der Waals surface area contributed by atoms with Crippen molar-refractivity contribution in [2.24, 2.45) is 0 Å². The Bertz CT molecular complexity index is 1570. The van der Waals surface area contributed by atoms with E-state index >= 15 is 0 Å². The van der Waals surface area contributed by atoms with Crippen molar-refractivity contribution in [2.75, 3.05) is 10.0 Å². The number of aromatic nitrogens is 2. The smallest absolute Gasteiger partial charge is 0.280 e. The molecular formula is C25H24N4O3S. The molecule has 7 nitrogen and oxygen atoms in total. The standard InChI is InChI=1S/C25H24N4O3S/c1-17-9-12-22(15-18(17)2)29-25(30)24(19(3)27-29)16-26-20-10-13-23(14-11-20)33(31,32)28-21-7-5-4-6-8-21/h4-16,26-28H,3H2,1-2H3. The third kappa shape index (κ3) is 4.75. The summed E-state index contributed by atoms with van der Waals surface area (Å²) in [4.78, 5) is 13.0. The Hall–Kier alpha value is -4.04. The largest absolute Gasteiger partial charge is 0.361 e. The molecule has 0 radical (unpaired) electrons. The molecule has 0 saturated carbocycles. The highest BCUT2D eigenvalue weighted by Gasteiger charge is 2.13. The van der Waals surface area contributed by atoms with Gasteiger partial charge in [0.15, 0.2) is 0 Å². The van der Waals surface area contributed by atoms with Crippen molar-refractivity contribution in [1.29, 1.82) is 0 Å². The van der Waals surface area contributed by atoms with Gasteiger partial charge in [0.25, 0.3) is 15.6 Å². The minimum absolute atomic E-state index is 0.133. The summed E-state index contributed by atoms with van der Waals surface area (Å²) in [5, 5.41) is 6.90. The van der Waals surface area contributed by atoms with Crippen LogP contribution in [-0.4, -0.2) is 18.2 Å². The SMILES string of the molecule is C=c1[nH]n(-c2ccc(C)c(C)c2)c(=O)c1=CNc1ccc(S(=O)(=O)Nc2ccccc2)cc1. The van der Waals surface area contributed by atoms with Gasteiger partial charge in [-0.25, -0.2) is 13.1 Å². The van der Waals surface area contributed by atoms with Gasteiger partial charge >= 0.3 is 0 Å². The van der Waals surface area contributed by atoms with Crippen LogP contribution in [0.15, 0.2) is 82.5 Å². The molecule has 0 fully saturated rings. The van der Waals surface area contributed by atoms with Gasteiger partial charge in [0.05, 0.1) is 21.2 Å². The van der Waals surface area contributed by atoms with Crippen LogP contribution in [0.5, 0.6) is 0 Å². The van der Waals surface area contributed by atoms with Crippen LogP contribution in [0, 0.1) is 13.8 Å². The van der Waals surface area contributed by atoms with Crippen molar-refractivity contribution >= 4 is 34.2 Å². The summed E-state index contributed by atoms with van der Waals surface area (Å²) in [5.41, 5.74) is 3.84. The Morgan fingerprint density at radius 1 is 0.909 bits per heavy atom. The molecule has 0 atom stereocenters. The molecule has 1 heterocycles. The second-order valence-corrected chi connectivity index (χ2v) is 9.38. The number of hydrogen-bond acceptors (Lipinski definition) is 4. The number of nitrogens with one attached hydrogen (secondary N) is 3. The molecule has 0 saturated heterocycles. The molecule has 33 heavy (non-hydrogen) atoms. The monoisotopic (exact) mass is 460 g/mol. The second kappa shape index (κ2) is 8.84. The van der Waals surface area contributed by atoms with E-state index in [2.05, 4.69) is 21.7 Å². The first kappa shape index (κ1) is 22.2. The van der Waals surface area contributed by atoms with E-state index in [4.69, 9.17) is 0 Å². The van der Waals surface area contributed by atoms with Crippen LogP contribution in [0.4, 0.5) is 11.4 Å². The van der Waals surface area contributed by atoms with Crippen LogP contribution in [0.2, 0.25) is 0 Å². The van der Waals surface area contributed by atoms with Gasteiger partial charge < -0.3 is 5.32 Å². The number of para-hydroxylation sites is 1. The van der Waals surface area contributed by atoms with Gasteiger partial charge in [0.1, 0.15) is 0 Å². The van der Waals surface area contributed by atoms with Crippen LogP contribution >= 0.6 is 0 Å². The van der Waals surface area contributed by atoms with Crippen molar-refractivity contribution in [2.45, 2.75) is 18.7 Å². The van der Waals surface area contributed by atoms with E-state index in [0.29, 0.717) is 21.9 Å². The molecule has 1 aromatic heterocycles. The molecule has 4 aromatic rings. The summed E-state index contributed by atoms with van der Waals surface area (Å²) in [6.45, 7) is 7.94. The molecule has 0 amide bonds. The van der Waals surface area contributed by atoms with E-state index in [1.165, 1.54) is 16.8 Å². The van der Waals surface area contributed by atoms with E-state index in [0.717, 1.165) is 16.8 Å². The van der Waals surface area contributed by atoms with E-state index in [-0.39, 0.29) is 10.5 Å². The zero-order valence-corrected chi connectivity index (χ0v) is 19.1. The maximum Gasteiger partial charge on any atom is 0.280 e. The van der Waals surface area contributed by atoms with Crippen molar-refractivity contribution in [3.05, 3.63) is 105 Å². The Kier molecular flexibility index (Phi) is 5.93. The lowest BCUT2D eigenvalue weighted by Crippen LogP contribution is -2.34. The Balaban J connectivity index is 1.56. The van der Waals surface area contributed by atoms with Crippen LogP contribution in [-0.2, 0) is 10.0 Å². The minimum atomic E-state index is -3.70. The van der Waals surface area contributed by atoms with Gasteiger partial charge in [-0.3, -0.25) is 14.6 Å². The predicted octanol–water partition coefficient (Wildman–Crippen LogP) is 2.84. The molecule has 3 N–H and O–H groups in total. The second-order valence-electron chi connectivity index (χ2n) is 7.70. The average Bonchev–Trinajstić information content (AvgIpc) is 3.08. The van der Waals surface area contributed by atoms with Crippen molar-refractivity contribution in [3.63, 3.8) is 0 Å². The molecule has 0 aliphatic rings. The summed E-state index contributed by atoms with van der Waals surface area (Å²) < 4.78 is 29.1. The van der Waals surface area contributed by atoms with Crippen LogP contribution in [0.25, 0.3) is 18.5 Å². The lowest BCUT2D eigenvalue weighted by Gasteiger charge is -2.08. The number of anilines is 2. The van der Waals surface area contributed by atoms with Crippen molar-refractivity contribution < 1.29 is 8.42 Å². The summed E-state index contributed by atoms with van der Waals surface area (Å²) in [6, 6.07) is 20.7. The van der Waals surface area contributed by atoms with Gasteiger partial charge in [-0.15, -0.1) is 0 Å². The number of nitrogens with zero attached hydrogens (tertiary/aromatic N) is 1. The van der Waals surface area contributed by atoms with Gasteiger partial charge in [-0.05, 0) is 73.5 Å². The molecule has 0 bridgehead atoms. The quantitative estimate of drug-likeness (QED) is 0.412. The molecule has 3 aromatic carbocycles. The summed E-state index contributed by atoms with van der Waals surface area (Å²) in [6.07, 6.45) is 1.56. The highest BCUT2D eigenvalue weighted by Crippen LogP contribution is 2.18. The first-order valence-electron chi connectivity index (χ1n) is 10.3. The highest BCUT2D eigenvalue weighted by molar-refractivity contribution is 7.92. The van der Waals surface area contributed by atoms with Crippen LogP contribution < -0.4 is 26.2 Å². The van der Waals surface area contributed by atoms with E-state index < -0.39 is 10.0 Å². The number of benzene rings is 3. The molecule has 8 heteroatoms. The van der Waals surface area contributed by atoms with Crippen LogP contribution in [0.3, 0.4) is 0 Å². The van der Waals surface area contributed by atoms with Crippen molar-refractivity contribution in [1.82, 2.24) is 9.78 Å². The number of rotatable bonds is 6. The maximum absolute atomic E-state index is 12.9. The lowest BCUT2D eigenvalue weighted by atomic mass is 10.1. The Labute approximate surface area is 191 Å². The van der Waals surface area contributed by atoms with Crippen molar-refractivity contribution in [3.8, 4) is 5.69 Å². The van der Waals surface area contributed by atoms with E-state index in [9.17, 15) is 13.2 Å². The third-order valence-corrected chi connectivity index (χ3v) is 6.73. The number of hydrogen-bond donors (Lipinski definition) is 3. The summed E-state index contributed by atoms with van der Waals surface area (Å²) in [5.74, 6) is 0. The topological polar surface area (TPSA) is 96.0 Å². The minimum Gasteiger partial charge on any atom is -0.361 e. The molecule has 0 aliphatic heterocycles. The molecule has 4 rings (SSSR count). The fraction of sp³-hybridized carbons (Fsp3) is 0.0800. The number of aryl methyl sites for hydroxylation is 2. The first-order valence-corrected chi connectivity index (χ1v) is 11.8. The summed E-state index contributed by atoms with van der Waals surface area (Å²) >= 11 is 0. The number of aromatic amines is 1.